The number of benzene rings is 1. The highest BCUT2D eigenvalue weighted by Crippen LogP contribution is 2.38. The number of aromatic nitrogens is 1. The van der Waals surface area contributed by atoms with Crippen LogP contribution in [0.15, 0.2) is 23.2 Å². The van der Waals surface area contributed by atoms with Crippen LogP contribution in [0.4, 0.5) is 10.7 Å². The fourth-order valence-electron chi connectivity index (χ4n) is 4.59. The number of nitrogens with one attached hydrogen (secondary N) is 1. The monoisotopic (exact) mass is 638 g/mol. The van der Waals surface area contributed by atoms with Crippen LogP contribution in [0.1, 0.15) is 47.5 Å². The molecule has 0 bridgehead atoms. The van der Waals surface area contributed by atoms with Crippen molar-refractivity contribution in [3.8, 4) is 0 Å². The smallest absolute Gasteiger partial charge is 0.341 e. The van der Waals surface area contributed by atoms with Crippen LogP contribution in [0, 0.1) is 10.1 Å². The van der Waals surface area contributed by atoms with Crippen LogP contribution in [0.5, 0.6) is 0 Å². The summed E-state index contributed by atoms with van der Waals surface area (Å²) in [5, 5.41) is 14.0. The molecule has 42 heavy (non-hydrogen) atoms. The normalized spacial score (nSPS) is 13.6. The summed E-state index contributed by atoms with van der Waals surface area (Å²) >= 11 is 2.24. The Hall–Kier alpha value is -3.47. The van der Waals surface area contributed by atoms with Gasteiger partial charge in [0, 0.05) is 30.2 Å². The number of thiazole rings is 1. The quantitative estimate of drug-likeness (QED) is 0.135. The number of sulfone groups is 1. The second kappa shape index (κ2) is 13.7. The Labute approximate surface area is 249 Å². The van der Waals surface area contributed by atoms with Crippen molar-refractivity contribution in [3.05, 3.63) is 49.1 Å². The van der Waals surface area contributed by atoms with Gasteiger partial charge in [-0.15, -0.1) is 11.3 Å². The summed E-state index contributed by atoms with van der Waals surface area (Å²) < 4.78 is 38.3. The summed E-state index contributed by atoms with van der Waals surface area (Å²) in [5.74, 6) is -4.45. The molecule has 2 heterocycles. The Morgan fingerprint density at radius 2 is 1.88 bits per heavy atom. The lowest BCUT2D eigenvalue weighted by atomic mass is 9.95. The van der Waals surface area contributed by atoms with Gasteiger partial charge in [0.15, 0.2) is 14.6 Å². The molecule has 0 saturated carbocycles. The molecule has 0 radical (unpaired) electrons. The number of esters is 1. The van der Waals surface area contributed by atoms with E-state index in [0.717, 1.165) is 41.0 Å². The van der Waals surface area contributed by atoms with E-state index >= 15 is 0 Å². The van der Waals surface area contributed by atoms with E-state index in [1.54, 1.807) is 11.5 Å². The lowest BCUT2D eigenvalue weighted by Crippen LogP contribution is -2.28. The van der Waals surface area contributed by atoms with Crippen molar-refractivity contribution in [1.82, 2.24) is 4.57 Å². The molecule has 0 aliphatic heterocycles. The van der Waals surface area contributed by atoms with Crippen molar-refractivity contribution in [2.24, 2.45) is 4.99 Å². The maximum atomic E-state index is 12.8. The van der Waals surface area contributed by atoms with E-state index in [2.05, 4.69) is 10.3 Å². The first-order valence-corrected chi connectivity index (χ1v) is 16.7. The standard InChI is InChI=1S/C26H30N4O9S3/c1-3-38-12-11-29-18-10-9-16(30(34)35)13-20(18)41-26(29)28-22(32)15-42(36,37)14-21(31)27-24-23(25(33)39-4-2)17-7-5-6-8-19(17)40-24/h9-10,13H,3-8,11-12,14-15H2,1-2H3,(H,27,31). The highest BCUT2D eigenvalue weighted by atomic mass is 32.2. The number of nitrogens with zero attached hydrogens (tertiary/aromatic N) is 3. The van der Waals surface area contributed by atoms with Crippen LogP contribution < -0.4 is 10.1 Å². The van der Waals surface area contributed by atoms with Gasteiger partial charge in [0.1, 0.15) is 16.5 Å². The Balaban J connectivity index is 1.52. The molecule has 0 spiro atoms. The highest BCUT2D eigenvalue weighted by Gasteiger charge is 2.29. The zero-order valence-corrected chi connectivity index (χ0v) is 25.5. The average Bonchev–Trinajstić information content (AvgIpc) is 3.44. The molecule has 1 N–H and O–H groups in total. The van der Waals surface area contributed by atoms with Gasteiger partial charge in [0.25, 0.3) is 11.6 Å². The highest BCUT2D eigenvalue weighted by molar-refractivity contribution is 7.92. The lowest BCUT2D eigenvalue weighted by molar-refractivity contribution is -0.384. The number of nitro groups is 1. The van der Waals surface area contributed by atoms with E-state index in [0.29, 0.717) is 23.2 Å². The third-order valence-corrected chi connectivity index (χ3v) is 10.00. The molecule has 226 valence electrons. The molecule has 1 aliphatic rings. The van der Waals surface area contributed by atoms with Gasteiger partial charge in [-0.25, -0.2) is 13.2 Å². The van der Waals surface area contributed by atoms with E-state index in [1.807, 2.05) is 6.92 Å². The van der Waals surface area contributed by atoms with Crippen LogP contribution >= 0.6 is 22.7 Å². The molecule has 1 aromatic carbocycles. The van der Waals surface area contributed by atoms with Crippen molar-refractivity contribution in [2.45, 2.75) is 46.1 Å². The number of fused-ring (bicyclic) bond motifs is 2. The Morgan fingerprint density at radius 1 is 1.12 bits per heavy atom. The fraction of sp³-hybridized carbons (Fsp3) is 0.462. The van der Waals surface area contributed by atoms with E-state index in [9.17, 15) is 32.9 Å². The summed E-state index contributed by atoms with van der Waals surface area (Å²) in [6.07, 6.45) is 3.27. The number of amides is 2. The first kappa shape index (κ1) is 31.5. The van der Waals surface area contributed by atoms with Crippen molar-refractivity contribution in [1.29, 1.82) is 0 Å². The number of carbonyl (C=O) groups is 3. The van der Waals surface area contributed by atoms with Gasteiger partial charge in [-0.1, -0.05) is 11.3 Å². The van der Waals surface area contributed by atoms with Crippen LogP contribution in [0.2, 0.25) is 0 Å². The molecular formula is C26H30N4O9S3. The molecule has 0 atom stereocenters. The van der Waals surface area contributed by atoms with Crippen molar-refractivity contribution in [3.63, 3.8) is 0 Å². The lowest BCUT2D eigenvalue weighted by Gasteiger charge is -2.12. The molecule has 0 unspecified atom stereocenters. The van der Waals surface area contributed by atoms with Crippen molar-refractivity contribution >= 4 is 71.2 Å². The maximum Gasteiger partial charge on any atom is 0.341 e. The molecular weight excluding hydrogens is 609 g/mol. The fourth-order valence-corrected chi connectivity index (χ4v) is 8.01. The Morgan fingerprint density at radius 3 is 2.60 bits per heavy atom. The molecule has 4 rings (SSSR count). The number of hydrogen-bond donors (Lipinski definition) is 1. The van der Waals surface area contributed by atoms with Gasteiger partial charge in [0.05, 0.1) is 33.9 Å². The predicted molar refractivity (Wildman–Crippen MR) is 158 cm³/mol. The zero-order valence-electron chi connectivity index (χ0n) is 23.0. The maximum absolute atomic E-state index is 12.8. The van der Waals surface area contributed by atoms with Gasteiger partial charge < -0.3 is 19.4 Å². The second-order valence-corrected chi connectivity index (χ2v) is 13.5. The third kappa shape index (κ3) is 7.48. The minimum absolute atomic E-state index is 0.134. The van der Waals surface area contributed by atoms with E-state index < -0.39 is 44.0 Å². The first-order valence-electron chi connectivity index (χ1n) is 13.3. The van der Waals surface area contributed by atoms with Gasteiger partial charge in [-0.3, -0.25) is 19.7 Å². The van der Waals surface area contributed by atoms with Crippen LogP contribution in [-0.2, 0) is 48.3 Å². The zero-order chi connectivity index (χ0) is 30.4. The molecule has 1 aliphatic carbocycles. The number of anilines is 1. The molecule has 0 fully saturated rings. The second-order valence-electron chi connectivity index (χ2n) is 9.36. The number of hydrogen-bond acceptors (Lipinski definition) is 11. The Kier molecular flexibility index (Phi) is 10.2. The van der Waals surface area contributed by atoms with E-state index in [-0.39, 0.29) is 40.8 Å². The summed E-state index contributed by atoms with van der Waals surface area (Å²) in [6.45, 7) is 4.65. The average molecular weight is 639 g/mol. The van der Waals surface area contributed by atoms with Gasteiger partial charge in [0.2, 0.25) is 5.91 Å². The van der Waals surface area contributed by atoms with Gasteiger partial charge >= 0.3 is 5.97 Å². The number of nitro benzene ring substituents is 1. The topological polar surface area (TPSA) is 176 Å². The van der Waals surface area contributed by atoms with Crippen LogP contribution in [-0.4, -0.2) is 67.0 Å². The molecule has 2 aromatic heterocycles. The van der Waals surface area contributed by atoms with E-state index in [1.165, 1.54) is 29.5 Å². The number of rotatable bonds is 12. The summed E-state index contributed by atoms with van der Waals surface area (Å²) in [5.41, 5.74) is 1.53. The molecule has 13 nitrogen and oxygen atoms in total. The summed E-state index contributed by atoms with van der Waals surface area (Å²) in [7, 11) is -4.23. The third-order valence-electron chi connectivity index (χ3n) is 6.36. The predicted octanol–water partition coefficient (Wildman–Crippen LogP) is 3.25. The number of aryl methyl sites for hydroxylation is 1. The SMILES string of the molecule is CCOCCn1c(=NC(=O)CS(=O)(=O)CC(=O)Nc2sc3c(c2C(=O)OCC)CCCC3)sc2cc([N+](=O)[O-])ccc21. The number of thiophene rings is 1. The summed E-state index contributed by atoms with van der Waals surface area (Å²) in [4.78, 5) is 53.9. The molecule has 3 aromatic rings. The minimum atomic E-state index is -4.23. The van der Waals surface area contributed by atoms with Crippen LogP contribution in [0.25, 0.3) is 10.2 Å². The van der Waals surface area contributed by atoms with Crippen LogP contribution in [0.3, 0.4) is 0 Å². The number of carbonyl (C=O) groups excluding carboxylic acids is 3. The van der Waals surface area contributed by atoms with Crippen molar-refractivity contribution < 1.29 is 37.2 Å². The largest absolute Gasteiger partial charge is 0.462 e. The molecule has 2 amide bonds. The number of non-ortho nitro benzene ring substituents is 1. The Bertz CT molecular complexity index is 1700. The number of ether oxygens (including phenoxy) is 2. The van der Waals surface area contributed by atoms with Gasteiger partial charge in [-0.05, 0) is 51.2 Å². The first-order chi connectivity index (χ1) is 20.0. The van der Waals surface area contributed by atoms with Gasteiger partial charge in [-0.2, -0.15) is 4.99 Å². The summed E-state index contributed by atoms with van der Waals surface area (Å²) in [6, 6.07) is 4.22. The minimum Gasteiger partial charge on any atom is -0.462 e. The van der Waals surface area contributed by atoms with E-state index in [4.69, 9.17) is 9.47 Å². The molecule has 0 saturated heterocycles. The molecule has 16 heteroatoms. The van der Waals surface area contributed by atoms with Crippen molar-refractivity contribution in [2.75, 3.05) is 36.6 Å².